The van der Waals surface area contributed by atoms with Gasteiger partial charge in [-0.2, -0.15) is 0 Å². The van der Waals surface area contributed by atoms with E-state index in [2.05, 4.69) is 17.3 Å². The summed E-state index contributed by atoms with van der Waals surface area (Å²) in [7, 11) is 2.09. The van der Waals surface area contributed by atoms with Gasteiger partial charge in [-0.3, -0.25) is 0 Å². The molecule has 1 N–H and O–H groups in total. The zero-order valence-electron chi connectivity index (χ0n) is 9.47. The molecular weight excluding hydrogens is 172 g/mol. The Hall–Kier alpha value is -0.0800. The van der Waals surface area contributed by atoms with Crippen molar-refractivity contribution in [3.8, 4) is 0 Å². The lowest BCUT2D eigenvalue weighted by atomic mass is 9.89. The number of nitrogens with zero attached hydrogens (tertiary/aromatic N) is 1. The summed E-state index contributed by atoms with van der Waals surface area (Å²) in [5.74, 6) is 1.01. The second-order valence-corrected chi connectivity index (χ2v) is 5.04. The van der Waals surface area contributed by atoms with Crippen molar-refractivity contribution in [1.29, 1.82) is 0 Å². The van der Waals surface area contributed by atoms with E-state index in [1.165, 1.54) is 58.2 Å². The maximum Gasteiger partial charge on any atom is 0.0204 e. The topological polar surface area (TPSA) is 15.3 Å². The van der Waals surface area contributed by atoms with Crippen LogP contribution in [-0.4, -0.2) is 37.6 Å². The molecular formula is C12H24N2. The lowest BCUT2D eigenvalue weighted by molar-refractivity contribution is 0.230. The van der Waals surface area contributed by atoms with Crippen LogP contribution in [0.4, 0.5) is 0 Å². The lowest BCUT2D eigenvalue weighted by Gasteiger charge is -2.26. The number of likely N-dealkylation sites (tertiary alicyclic amines) is 1. The molecule has 0 aromatic rings. The van der Waals surface area contributed by atoms with Gasteiger partial charge in [-0.1, -0.05) is 19.3 Å². The number of hydrogen-bond acceptors (Lipinski definition) is 2. The van der Waals surface area contributed by atoms with E-state index in [4.69, 9.17) is 0 Å². The third kappa shape index (κ3) is 2.71. The Bertz CT molecular complexity index is 164. The molecule has 2 fully saturated rings. The summed E-state index contributed by atoms with van der Waals surface area (Å²) in [5, 5.41) is 3.39. The van der Waals surface area contributed by atoms with Gasteiger partial charge >= 0.3 is 0 Å². The number of rotatable bonds is 3. The Kier molecular flexibility index (Phi) is 3.82. The van der Waals surface area contributed by atoms with E-state index in [1.54, 1.807) is 0 Å². The molecule has 1 saturated heterocycles. The molecule has 1 atom stereocenters. The summed E-state index contributed by atoms with van der Waals surface area (Å²) in [6.45, 7) is 3.98. The smallest absolute Gasteiger partial charge is 0.0204 e. The van der Waals surface area contributed by atoms with Crippen LogP contribution in [0, 0.1) is 5.92 Å². The Morgan fingerprint density at radius 3 is 2.57 bits per heavy atom. The average Bonchev–Trinajstić information content (AvgIpc) is 2.67. The zero-order chi connectivity index (χ0) is 9.80. The Morgan fingerprint density at radius 1 is 1.14 bits per heavy atom. The van der Waals surface area contributed by atoms with Crippen molar-refractivity contribution in [2.75, 3.05) is 26.7 Å². The van der Waals surface area contributed by atoms with Gasteiger partial charge in [0.05, 0.1) is 0 Å². The van der Waals surface area contributed by atoms with E-state index < -0.39 is 0 Å². The minimum absolute atomic E-state index is 0.763. The van der Waals surface area contributed by atoms with Crippen LogP contribution in [0.15, 0.2) is 0 Å². The number of likely N-dealkylation sites (N-methyl/N-ethyl adjacent to an activating group) is 1. The SMILES string of the molecule is CNC1CCN(CC2CCCCC2)C1. The van der Waals surface area contributed by atoms with Gasteiger partial charge in [-0.05, 0) is 38.8 Å². The van der Waals surface area contributed by atoms with Gasteiger partial charge < -0.3 is 10.2 Å². The van der Waals surface area contributed by atoms with Crippen molar-refractivity contribution in [2.45, 2.75) is 44.6 Å². The van der Waals surface area contributed by atoms with Gasteiger partial charge in [0, 0.05) is 19.1 Å². The Balaban J connectivity index is 1.69. The first kappa shape index (κ1) is 10.4. The highest BCUT2D eigenvalue weighted by Crippen LogP contribution is 2.25. The van der Waals surface area contributed by atoms with Crippen LogP contribution in [0.5, 0.6) is 0 Å². The summed E-state index contributed by atoms with van der Waals surface area (Å²) in [6.07, 6.45) is 8.77. The van der Waals surface area contributed by atoms with Crippen LogP contribution >= 0.6 is 0 Å². The minimum Gasteiger partial charge on any atom is -0.316 e. The molecule has 2 rings (SSSR count). The summed E-state index contributed by atoms with van der Waals surface area (Å²) in [6, 6.07) is 0.763. The third-order valence-corrected chi connectivity index (χ3v) is 3.92. The van der Waals surface area contributed by atoms with Crippen LogP contribution in [0.3, 0.4) is 0 Å². The summed E-state index contributed by atoms with van der Waals surface area (Å²) >= 11 is 0. The van der Waals surface area contributed by atoms with Gasteiger partial charge in [0.1, 0.15) is 0 Å². The van der Waals surface area contributed by atoms with Gasteiger partial charge in [-0.15, -0.1) is 0 Å². The quantitative estimate of drug-likeness (QED) is 0.741. The van der Waals surface area contributed by atoms with Crippen LogP contribution in [0.2, 0.25) is 0 Å². The first-order valence-corrected chi connectivity index (χ1v) is 6.28. The third-order valence-electron chi connectivity index (χ3n) is 3.92. The molecule has 2 nitrogen and oxygen atoms in total. The molecule has 0 aromatic carbocycles. The summed E-state index contributed by atoms with van der Waals surface area (Å²) in [5.41, 5.74) is 0. The van der Waals surface area contributed by atoms with Crippen LogP contribution < -0.4 is 5.32 Å². The van der Waals surface area contributed by atoms with Crippen molar-refractivity contribution in [3.63, 3.8) is 0 Å². The van der Waals surface area contributed by atoms with E-state index in [9.17, 15) is 0 Å². The van der Waals surface area contributed by atoms with Crippen molar-refractivity contribution < 1.29 is 0 Å². The van der Waals surface area contributed by atoms with Crippen LogP contribution in [0.1, 0.15) is 38.5 Å². The Morgan fingerprint density at radius 2 is 1.93 bits per heavy atom. The van der Waals surface area contributed by atoms with Gasteiger partial charge in [0.2, 0.25) is 0 Å². The highest BCUT2D eigenvalue weighted by atomic mass is 15.2. The van der Waals surface area contributed by atoms with E-state index in [0.29, 0.717) is 0 Å². The molecule has 1 heterocycles. The predicted molar refractivity (Wildman–Crippen MR) is 60.5 cm³/mol. The second kappa shape index (κ2) is 5.13. The van der Waals surface area contributed by atoms with E-state index >= 15 is 0 Å². The molecule has 2 heteroatoms. The molecule has 1 aliphatic heterocycles. The number of hydrogen-bond donors (Lipinski definition) is 1. The molecule has 0 amide bonds. The van der Waals surface area contributed by atoms with Gasteiger partial charge in [-0.25, -0.2) is 0 Å². The molecule has 0 radical (unpaired) electrons. The van der Waals surface area contributed by atoms with Crippen molar-refractivity contribution in [2.24, 2.45) is 5.92 Å². The minimum atomic E-state index is 0.763. The second-order valence-electron chi connectivity index (χ2n) is 5.04. The van der Waals surface area contributed by atoms with Crippen molar-refractivity contribution in [3.05, 3.63) is 0 Å². The fourth-order valence-corrected chi connectivity index (χ4v) is 2.97. The highest BCUT2D eigenvalue weighted by molar-refractivity contribution is 4.81. The van der Waals surface area contributed by atoms with Crippen LogP contribution in [0.25, 0.3) is 0 Å². The zero-order valence-corrected chi connectivity index (χ0v) is 9.47. The van der Waals surface area contributed by atoms with Crippen molar-refractivity contribution in [1.82, 2.24) is 10.2 Å². The molecule has 0 spiro atoms. The van der Waals surface area contributed by atoms with Crippen molar-refractivity contribution >= 4 is 0 Å². The lowest BCUT2D eigenvalue weighted by Crippen LogP contribution is -2.33. The summed E-state index contributed by atoms with van der Waals surface area (Å²) < 4.78 is 0. The van der Waals surface area contributed by atoms with E-state index in [0.717, 1.165) is 12.0 Å². The maximum atomic E-state index is 3.39. The van der Waals surface area contributed by atoms with E-state index in [1.807, 2.05) is 0 Å². The average molecular weight is 196 g/mol. The van der Waals surface area contributed by atoms with Gasteiger partial charge in [0.15, 0.2) is 0 Å². The molecule has 0 aromatic heterocycles. The predicted octanol–water partition coefficient (Wildman–Crippen LogP) is 1.86. The molecule has 1 aliphatic carbocycles. The molecule has 1 unspecified atom stereocenters. The first-order valence-electron chi connectivity index (χ1n) is 6.28. The Labute approximate surface area is 88.1 Å². The van der Waals surface area contributed by atoms with Crippen LogP contribution in [-0.2, 0) is 0 Å². The summed E-state index contributed by atoms with van der Waals surface area (Å²) in [4.78, 5) is 2.66. The van der Waals surface area contributed by atoms with E-state index in [-0.39, 0.29) is 0 Å². The molecule has 14 heavy (non-hydrogen) atoms. The molecule has 0 bridgehead atoms. The van der Waals surface area contributed by atoms with Gasteiger partial charge in [0.25, 0.3) is 0 Å². The monoisotopic (exact) mass is 196 g/mol. The fraction of sp³-hybridized carbons (Fsp3) is 1.00. The fourth-order valence-electron chi connectivity index (χ4n) is 2.97. The number of nitrogens with one attached hydrogen (secondary N) is 1. The first-order chi connectivity index (χ1) is 6.88. The maximum absolute atomic E-state index is 3.39. The molecule has 82 valence electrons. The highest BCUT2D eigenvalue weighted by Gasteiger charge is 2.24. The normalized spacial score (nSPS) is 31.1. The molecule has 1 saturated carbocycles. The standard InChI is InChI=1S/C12H24N2/c1-13-12-7-8-14(10-12)9-11-5-3-2-4-6-11/h11-13H,2-10H2,1H3. The molecule has 2 aliphatic rings. The largest absolute Gasteiger partial charge is 0.316 e.